The van der Waals surface area contributed by atoms with E-state index in [0.29, 0.717) is 0 Å². The van der Waals surface area contributed by atoms with Crippen LogP contribution in [0, 0.1) is 0 Å². The SMILES string of the molecule is CCCN1CCN(c2ccc(CC(C)N)c(Br)c2)CC1. The molecule has 0 aliphatic carbocycles. The van der Waals surface area contributed by atoms with Gasteiger partial charge in [-0.15, -0.1) is 0 Å². The van der Waals surface area contributed by atoms with Gasteiger partial charge in [-0.25, -0.2) is 0 Å². The van der Waals surface area contributed by atoms with Crippen LogP contribution < -0.4 is 10.6 Å². The van der Waals surface area contributed by atoms with Crippen molar-refractivity contribution in [2.75, 3.05) is 37.6 Å². The van der Waals surface area contributed by atoms with Crippen molar-refractivity contribution in [1.82, 2.24) is 4.90 Å². The van der Waals surface area contributed by atoms with E-state index in [0.717, 1.165) is 19.5 Å². The van der Waals surface area contributed by atoms with Gasteiger partial charge >= 0.3 is 0 Å². The van der Waals surface area contributed by atoms with Gasteiger partial charge in [0, 0.05) is 42.4 Å². The molecule has 0 radical (unpaired) electrons. The van der Waals surface area contributed by atoms with E-state index in [4.69, 9.17) is 5.73 Å². The number of hydrogen-bond donors (Lipinski definition) is 1. The van der Waals surface area contributed by atoms with Gasteiger partial charge in [0.15, 0.2) is 0 Å². The maximum absolute atomic E-state index is 5.88. The monoisotopic (exact) mass is 339 g/mol. The highest BCUT2D eigenvalue weighted by molar-refractivity contribution is 9.10. The minimum absolute atomic E-state index is 0.203. The molecule has 3 nitrogen and oxygen atoms in total. The minimum atomic E-state index is 0.203. The number of piperazine rings is 1. The van der Waals surface area contributed by atoms with Crippen LogP contribution in [-0.2, 0) is 6.42 Å². The molecule has 1 atom stereocenters. The Labute approximate surface area is 131 Å². The number of benzene rings is 1. The molecule has 0 spiro atoms. The quantitative estimate of drug-likeness (QED) is 0.895. The van der Waals surface area contributed by atoms with Crippen LogP contribution in [0.3, 0.4) is 0 Å². The van der Waals surface area contributed by atoms with Gasteiger partial charge in [-0.2, -0.15) is 0 Å². The van der Waals surface area contributed by atoms with Crippen LogP contribution in [-0.4, -0.2) is 43.7 Å². The molecule has 2 N–H and O–H groups in total. The van der Waals surface area contributed by atoms with Crippen molar-refractivity contribution >= 4 is 21.6 Å². The molecule has 1 unspecified atom stereocenters. The first-order valence-corrected chi connectivity index (χ1v) is 8.40. The van der Waals surface area contributed by atoms with Gasteiger partial charge in [-0.1, -0.05) is 28.9 Å². The molecule has 20 heavy (non-hydrogen) atoms. The van der Waals surface area contributed by atoms with Crippen molar-refractivity contribution in [3.63, 3.8) is 0 Å². The maximum atomic E-state index is 5.88. The van der Waals surface area contributed by atoms with Gasteiger partial charge in [-0.05, 0) is 44.0 Å². The molecule has 0 saturated carbocycles. The standard InChI is InChI=1S/C16H26BrN3/c1-3-6-19-7-9-20(10-8-19)15-5-4-14(11-13(2)18)16(17)12-15/h4-5,12-13H,3,6-11,18H2,1-2H3. The Morgan fingerprint density at radius 2 is 1.95 bits per heavy atom. The molecule has 0 aromatic heterocycles. The van der Waals surface area contributed by atoms with Crippen molar-refractivity contribution in [1.29, 1.82) is 0 Å². The molecule has 1 aromatic carbocycles. The molecule has 0 amide bonds. The lowest BCUT2D eigenvalue weighted by atomic mass is 10.1. The Kier molecular flexibility index (Phi) is 5.87. The smallest absolute Gasteiger partial charge is 0.0378 e. The van der Waals surface area contributed by atoms with Crippen molar-refractivity contribution < 1.29 is 0 Å². The summed E-state index contributed by atoms with van der Waals surface area (Å²) >= 11 is 3.69. The van der Waals surface area contributed by atoms with E-state index in [2.05, 4.69) is 50.9 Å². The number of anilines is 1. The maximum Gasteiger partial charge on any atom is 0.0378 e. The molecule has 4 heteroatoms. The Morgan fingerprint density at radius 3 is 2.50 bits per heavy atom. The van der Waals surface area contributed by atoms with Gasteiger partial charge < -0.3 is 10.6 Å². The summed E-state index contributed by atoms with van der Waals surface area (Å²) < 4.78 is 1.18. The average Bonchev–Trinajstić information content (AvgIpc) is 2.42. The predicted octanol–water partition coefficient (Wildman–Crippen LogP) is 2.87. The summed E-state index contributed by atoms with van der Waals surface area (Å²) in [7, 11) is 0. The summed E-state index contributed by atoms with van der Waals surface area (Å²) in [5.41, 5.74) is 8.50. The van der Waals surface area contributed by atoms with Crippen LogP contribution in [0.1, 0.15) is 25.8 Å². The lowest BCUT2D eigenvalue weighted by molar-refractivity contribution is 0.258. The normalized spacial score (nSPS) is 18.3. The van der Waals surface area contributed by atoms with Crippen molar-refractivity contribution in [3.05, 3.63) is 28.2 Å². The summed E-state index contributed by atoms with van der Waals surface area (Å²) in [5, 5.41) is 0. The molecule has 1 aliphatic heterocycles. The fourth-order valence-corrected chi connectivity index (χ4v) is 3.32. The zero-order chi connectivity index (χ0) is 14.5. The molecule has 1 aromatic rings. The van der Waals surface area contributed by atoms with E-state index in [-0.39, 0.29) is 6.04 Å². The van der Waals surface area contributed by atoms with Crippen LogP contribution in [0.25, 0.3) is 0 Å². The topological polar surface area (TPSA) is 32.5 Å². The minimum Gasteiger partial charge on any atom is -0.369 e. The zero-order valence-corrected chi connectivity index (χ0v) is 14.2. The Balaban J connectivity index is 1.98. The van der Waals surface area contributed by atoms with E-state index in [9.17, 15) is 0 Å². The summed E-state index contributed by atoms with van der Waals surface area (Å²) in [4.78, 5) is 5.03. The second kappa shape index (κ2) is 7.43. The first-order chi connectivity index (χ1) is 9.60. The fraction of sp³-hybridized carbons (Fsp3) is 0.625. The van der Waals surface area contributed by atoms with Gasteiger partial charge in [0.05, 0.1) is 0 Å². The third kappa shape index (κ3) is 4.21. The Hall–Kier alpha value is -0.580. The van der Waals surface area contributed by atoms with Crippen LogP contribution in [0.4, 0.5) is 5.69 Å². The lowest BCUT2D eigenvalue weighted by Gasteiger charge is -2.36. The second-order valence-corrected chi connectivity index (χ2v) is 6.64. The Bertz CT molecular complexity index is 426. The molecule has 1 heterocycles. The van der Waals surface area contributed by atoms with Gasteiger partial charge in [-0.3, -0.25) is 4.90 Å². The number of nitrogens with two attached hydrogens (primary N) is 1. The highest BCUT2D eigenvalue weighted by Crippen LogP contribution is 2.25. The number of rotatable bonds is 5. The van der Waals surface area contributed by atoms with Crippen molar-refractivity contribution in [2.45, 2.75) is 32.7 Å². The molecule has 1 saturated heterocycles. The number of nitrogens with zero attached hydrogens (tertiary/aromatic N) is 2. The van der Waals surface area contributed by atoms with Crippen LogP contribution in [0.2, 0.25) is 0 Å². The highest BCUT2D eigenvalue weighted by Gasteiger charge is 2.17. The van der Waals surface area contributed by atoms with E-state index in [1.807, 2.05) is 6.92 Å². The average molecular weight is 340 g/mol. The fourth-order valence-electron chi connectivity index (χ4n) is 2.79. The van der Waals surface area contributed by atoms with E-state index < -0.39 is 0 Å². The lowest BCUT2D eigenvalue weighted by Crippen LogP contribution is -2.46. The predicted molar refractivity (Wildman–Crippen MR) is 90.4 cm³/mol. The third-order valence-electron chi connectivity index (χ3n) is 3.86. The van der Waals surface area contributed by atoms with E-state index in [1.54, 1.807) is 0 Å². The molecule has 0 bridgehead atoms. The first-order valence-electron chi connectivity index (χ1n) is 7.61. The molecule has 112 valence electrons. The number of hydrogen-bond acceptors (Lipinski definition) is 3. The summed E-state index contributed by atoms with van der Waals surface area (Å²) in [5.74, 6) is 0. The summed E-state index contributed by atoms with van der Waals surface area (Å²) in [6.45, 7) is 10.1. The van der Waals surface area contributed by atoms with Gasteiger partial charge in [0.25, 0.3) is 0 Å². The van der Waals surface area contributed by atoms with Crippen molar-refractivity contribution in [2.24, 2.45) is 5.73 Å². The first kappa shape index (κ1) is 15.8. The van der Waals surface area contributed by atoms with Crippen molar-refractivity contribution in [3.8, 4) is 0 Å². The largest absolute Gasteiger partial charge is 0.369 e. The van der Waals surface area contributed by atoms with Gasteiger partial charge in [0.1, 0.15) is 0 Å². The Morgan fingerprint density at radius 1 is 1.25 bits per heavy atom. The molecule has 1 aliphatic rings. The zero-order valence-electron chi connectivity index (χ0n) is 12.6. The summed E-state index contributed by atoms with van der Waals surface area (Å²) in [6, 6.07) is 6.89. The van der Waals surface area contributed by atoms with E-state index in [1.165, 1.54) is 41.8 Å². The number of halogens is 1. The second-order valence-electron chi connectivity index (χ2n) is 5.79. The highest BCUT2D eigenvalue weighted by atomic mass is 79.9. The molecular formula is C16H26BrN3. The molecule has 2 rings (SSSR count). The third-order valence-corrected chi connectivity index (χ3v) is 4.59. The summed E-state index contributed by atoms with van der Waals surface area (Å²) in [6.07, 6.45) is 2.17. The molecule has 1 fully saturated rings. The van der Waals surface area contributed by atoms with Crippen LogP contribution in [0.15, 0.2) is 22.7 Å². The van der Waals surface area contributed by atoms with Gasteiger partial charge in [0.2, 0.25) is 0 Å². The van der Waals surface area contributed by atoms with E-state index >= 15 is 0 Å². The molecular weight excluding hydrogens is 314 g/mol. The van der Waals surface area contributed by atoms with Crippen LogP contribution in [0.5, 0.6) is 0 Å². The van der Waals surface area contributed by atoms with Crippen LogP contribution >= 0.6 is 15.9 Å².